The summed E-state index contributed by atoms with van der Waals surface area (Å²) in [4.78, 5) is 10.1. The lowest BCUT2D eigenvalue weighted by Gasteiger charge is -2.18. The number of urea groups is 1. The molecule has 0 saturated heterocycles. The Morgan fingerprint density at radius 2 is 2.00 bits per heavy atom. The Morgan fingerprint density at radius 1 is 1.50 bits per heavy atom. The molecule has 1 aliphatic carbocycles. The van der Waals surface area contributed by atoms with Crippen LogP contribution in [0.2, 0.25) is 0 Å². The first-order valence-corrected chi connectivity index (χ1v) is 3.47. The summed E-state index contributed by atoms with van der Waals surface area (Å²) in [6.07, 6.45) is -4.07. The van der Waals surface area contributed by atoms with Gasteiger partial charge in [-0.15, -0.1) is 0 Å². The van der Waals surface area contributed by atoms with Gasteiger partial charge in [-0.1, -0.05) is 0 Å². The molecule has 0 heterocycles. The van der Waals surface area contributed by atoms with Gasteiger partial charge >= 0.3 is 12.2 Å². The molecule has 0 aromatic heterocycles. The van der Waals surface area contributed by atoms with Gasteiger partial charge in [0.1, 0.15) is 0 Å². The van der Waals surface area contributed by atoms with Gasteiger partial charge < -0.3 is 11.1 Å². The molecule has 1 saturated carbocycles. The van der Waals surface area contributed by atoms with Gasteiger partial charge in [0.15, 0.2) is 0 Å². The number of alkyl halides is 3. The van der Waals surface area contributed by atoms with Gasteiger partial charge in [-0.25, -0.2) is 4.79 Å². The molecule has 70 valence electrons. The number of amides is 2. The molecule has 3 N–H and O–H groups in total. The number of hydrogen-bond donors (Lipinski definition) is 2. The van der Waals surface area contributed by atoms with E-state index in [1.807, 2.05) is 5.32 Å². The van der Waals surface area contributed by atoms with Crippen LogP contribution in [0.5, 0.6) is 0 Å². The first-order chi connectivity index (χ1) is 5.37. The number of carbonyl (C=O) groups is 1. The van der Waals surface area contributed by atoms with E-state index in [1.54, 1.807) is 0 Å². The van der Waals surface area contributed by atoms with E-state index < -0.39 is 24.2 Å². The topological polar surface area (TPSA) is 55.1 Å². The molecule has 1 fully saturated rings. The SMILES string of the molecule is NC(=O)NCC1(C(F)(F)F)CC1. The van der Waals surface area contributed by atoms with Crippen molar-refractivity contribution in [3.05, 3.63) is 0 Å². The second-order valence-electron chi connectivity index (χ2n) is 3.00. The average molecular weight is 182 g/mol. The predicted octanol–water partition coefficient (Wildman–Crippen LogP) is 0.997. The fourth-order valence-corrected chi connectivity index (χ4v) is 0.968. The highest BCUT2D eigenvalue weighted by Crippen LogP contribution is 2.56. The smallest absolute Gasteiger partial charge is 0.352 e. The van der Waals surface area contributed by atoms with Crippen molar-refractivity contribution >= 4 is 6.03 Å². The monoisotopic (exact) mass is 182 g/mol. The quantitative estimate of drug-likeness (QED) is 0.657. The molecular weight excluding hydrogens is 173 g/mol. The van der Waals surface area contributed by atoms with Gasteiger partial charge in [-0.3, -0.25) is 0 Å². The maximum Gasteiger partial charge on any atom is 0.396 e. The van der Waals surface area contributed by atoms with Crippen molar-refractivity contribution in [2.24, 2.45) is 11.1 Å². The molecule has 12 heavy (non-hydrogen) atoms. The van der Waals surface area contributed by atoms with Crippen LogP contribution < -0.4 is 11.1 Å². The van der Waals surface area contributed by atoms with Crippen molar-refractivity contribution < 1.29 is 18.0 Å². The number of primary amides is 1. The molecular formula is C6H9F3N2O. The number of nitrogens with two attached hydrogens (primary N) is 1. The maximum absolute atomic E-state index is 12.2. The highest BCUT2D eigenvalue weighted by molar-refractivity contribution is 5.71. The van der Waals surface area contributed by atoms with Crippen LogP contribution in [0.1, 0.15) is 12.8 Å². The first-order valence-electron chi connectivity index (χ1n) is 3.47. The molecule has 0 atom stereocenters. The summed E-state index contributed by atoms with van der Waals surface area (Å²) in [5.41, 5.74) is 2.96. The van der Waals surface area contributed by atoms with Crippen molar-refractivity contribution in [1.29, 1.82) is 0 Å². The van der Waals surface area contributed by atoms with E-state index in [9.17, 15) is 18.0 Å². The fraction of sp³-hybridized carbons (Fsp3) is 0.833. The molecule has 0 bridgehead atoms. The first kappa shape index (κ1) is 9.15. The lowest BCUT2D eigenvalue weighted by molar-refractivity contribution is -0.184. The van der Waals surface area contributed by atoms with E-state index in [4.69, 9.17) is 0 Å². The molecule has 1 aliphatic rings. The van der Waals surface area contributed by atoms with Gasteiger partial charge in [-0.2, -0.15) is 13.2 Å². The van der Waals surface area contributed by atoms with Gasteiger partial charge in [0, 0.05) is 6.54 Å². The third-order valence-corrected chi connectivity index (χ3v) is 2.06. The van der Waals surface area contributed by atoms with E-state index >= 15 is 0 Å². The highest BCUT2D eigenvalue weighted by atomic mass is 19.4. The van der Waals surface area contributed by atoms with Gasteiger partial charge in [0.2, 0.25) is 0 Å². The van der Waals surface area contributed by atoms with Crippen LogP contribution in [0.15, 0.2) is 0 Å². The lowest BCUT2D eigenvalue weighted by atomic mass is 10.1. The zero-order valence-corrected chi connectivity index (χ0v) is 6.24. The van der Waals surface area contributed by atoms with Crippen LogP contribution in [0.4, 0.5) is 18.0 Å². The second kappa shape index (κ2) is 2.53. The van der Waals surface area contributed by atoms with Crippen LogP contribution in [-0.4, -0.2) is 18.8 Å². The zero-order valence-electron chi connectivity index (χ0n) is 6.24. The standard InChI is InChI=1S/C6H9F3N2O/c7-6(8,9)5(1-2-5)3-11-4(10)12/h1-3H2,(H3,10,11,12). The predicted molar refractivity (Wildman–Crippen MR) is 35.3 cm³/mol. The molecule has 0 spiro atoms. The summed E-state index contributed by atoms with van der Waals surface area (Å²) in [5.74, 6) is 0. The number of nitrogens with one attached hydrogen (secondary N) is 1. The zero-order chi connectivity index (χ0) is 9.41. The van der Waals surface area contributed by atoms with E-state index in [-0.39, 0.29) is 12.8 Å². The number of hydrogen-bond acceptors (Lipinski definition) is 1. The summed E-state index contributed by atoms with van der Waals surface area (Å²) >= 11 is 0. The number of halogens is 3. The molecule has 0 unspecified atom stereocenters. The fourth-order valence-electron chi connectivity index (χ4n) is 0.968. The average Bonchev–Trinajstić information content (AvgIpc) is 2.60. The Bertz CT molecular complexity index is 197. The van der Waals surface area contributed by atoms with Gasteiger partial charge in [0.25, 0.3) is 0 Å². The molecule has 0 aromatic rings. The molecule has 6 heteroatoms. The Hall–Kier alpha value is -0.940. The molecule has 2 amide bonds. The summed E-state index contributed by atoms with van der Waals surface area (Å²) in [6, 6.07) is -0.912. The largest absolute Gasteiger partial charge is 0.396 e. The van der Waals surface area contributed by atoms with Crippen molar-refractivity contribution in [2.75, 3.05) is 6.54 Å². The molecule has 1 rings (SSSR count). The lowest BCUT2D eigenvalue weighted by Crippen LogP contribution is -2.40. The van der Waals surface area contributed by atoms with Crippen LogP contribution in [0.25, 0.3) is 0 Å². The molecule has 0 aromatic carbocycles. The Kier molecular flexibility index (Phi) is 1.93. The van der Waals surface area contributed by atoms with E-state index in [0.29, 0.717) is 0 Å². The minimum atomic E-state index is -4.23. The van der Waals surface area contributed by atoms with Gasteiger partial charge in [-0.05, 0) is 12.8 Å². The third-order valence-electron chi connectivity index (χ3n) is 2.06. The molecule has 3 nitrogen and oxygen atoms in total. The molecule has 0 radical (unpaired) electrons. The van der Waals surface area contributed by atoms with Gasteiger partial charge in [0.05, 0.1) is 5.41 Å². The summed E-state index contributed by atoms with van der Waals surface area (Å²) in [6.45, 7) is -0.397. The van der Waals surface area contributed by atoms with Crippen LogP contribution >= 0.6 is 0 Å². The Balaban J connectivity index is 2.46. The van der Waals surface area contributed by atoms with Crippen LogP contribution in [0.3, 0.4) is 0 Å². The number of rotatable bonds is 2. The molecule has 0 aliphatic heterocycles. The van der Waals surface area contributed by atoms with Crippen LogP contribution in [-0.2, 0) is 0 Å². The van der Waals surface area contributed by atoms with Crippen LogP contribution in [0, 0.1) is 5.41 Å². The van der Waals surface area contributed by atoms with E-state index in [0.717, 1.165) is 0 Å². The second-order valence-corrected chi connectivity index (χ2v) is 3.00. The van der Waals surface area contributed by atoms with E-state index in [2.05, 4.69) is 5.73 Å². The van der Waals surface area contributed by atoms with Crippen molar-refractivity contribution in [2.45, 2.75) is 19.0 Å². The summed E-state index contributed by atoms with van der Waals surface area (Å²) in [5, 5.41) is 1.97. The summed E-state index contributed by atoms with van der Waals surface area (Å²) in [7, 11) is 0. The summed E-state index contributed by atoms with van der Waals surface area (Å²) < 4.78 is 36.5. The highest BCUT2D eigenvalue weighted by Gasteiger charge is 2.62. The maximum atomic E-state index is 12.2. The number of carbonyl (C=O) groups excluding carboxylic acids is 1. The minimum absolute atomic E-state index is 0.0801. The Morgan fingerprint density at radius 3 is 2.25 bits per heavy atom. The van der Waals surface area contributed by atoms with Crippen molar-refractivity contribution in [1.82, 2.24) is 5.32 Å². The van der Waals surface area contributed by atoms with Crippen molar-refractivity contribution in [3.63, 3.8) is 0 Å². The Labute approximate surface area is 67.1 Å². The normalized spacial score (nSPS) is 20.2. The van der Waals surface area contributed by atoms with E-state index in [1.165, 1.54) is 0 Å². The minimum Gasteiger partial charge on any atom is -0.352 e. The third kappa shape index (κ3) is 1.62. The van der Waals surface area contributed by atoms with Crippen molar-refractivity contribution in [3.8, 4) is 0 Å².